The van der Waals surface area contributed by atoms with Crippen molar-refractivity contribution < 1.29 is 17.3 Å². The van der Waals surface area contributed by atoms with Crippen molar-refractivity contribution in [2.75, 3.05) is 40.0 Å². The highest BCUT2D eigenvalue weighted by Gasteiger charge is 2.07. The highest BCUT2D eigenvalue weighted by atomic mass is 127. The number of nitrogens with zero attached hydrogens (tertiary/aromatic N) is 2. The van der Waals surface area contributed by atoms with Crippen LogP contribution in [-0.2, 0) is 17.3 Å². The van der Waals surface area contributed by atoms with E-state index < -0.39 is 5.97 Å². The van der Waals surface area contributed by atoms with Gasteiger partial charge in [0.25, 0.3) is 0 Å². The van der Waals surface area contributed by atoms with Crippen LogP contribution >= 0.6 is 23.0 Å². The number of methoxy groups -OCH3 is 1. The molecule has 0 N–H and O–H groups in total. The normalized spacial score (nSPS) is 11.4. The first kappa shape index (κ1) is 18.9. The molecule has 0 aromatic carbocycles. The zero-order chi connectivity index (χ0) is 15.2. The SMILES string of the molecule is CCOC(=O)/C(C#N)=C/C=C/N(CCOC)CCOI. The summed E-state index contributed by atoms with van der Waals surface area (Å²) in [6, 6.07) is 1.81. The quantitative estimate of drug-likeness (QED) is 0.185. The Bertz CT molecular complexity index is 369. The maximum Gasteiger partial charge on any atom is 0.348 e. The van der Waals surface area contributed by atoms with Crippen LogP contribution in [0.4, 0.5) is 0 Å². The van der Waals surface area contributed by atoms with Crippen LogP contribution < -0.4 is 0 Å². The molecule has 0 bridgehead atoms. The third kappa shape index (κ3) is 8.90. The Hall–Kier alpha value is -1.11. The maximum absolute atomic E-state index is 11.4. The first-order valence-corrected chi connectivity index (χ1v) is 6.99. The minimum Gasteiger partial charge on any atom is -0.462 e. The summed E-state index contributed by atoms with van der Waals surface area (Å²) in [5.74, 6) is -0.612. The van der Waals surface area contributed by atoms with Gasteiger partial charge in [0.1, 0.15) is 34.6 Å². The van der Waals surface area contributed by atoms with Crippen LogP contribution in [0.1, 0.15) is 6.92 Å². The van der Waals surface area contributed by atoms with Crippen molar-refractivity contribution in [1.82, 2.24) is 4.90 Å². The van der Waals surface area contributed by atoms with Gasteiger partial charge in [0, 0.05) is 20.2 Å². The van der Waals surface area contributed by atoms with E-state index in [2.05, 4.69) is 0 Å². The standard InChI is InChI=1S/C13H19IN2O4/c1-3-19-13(17)12(11-15)5-4-6-16(7-9-18-2)8-10-20-14/h4-6H,3,7-10H2,1-2H3/b6-4+,12-5+. The van der Waals surface area contributed by atoms with Crippen molar-refractivity contribution in [1.29, 1.82) is 5.26 Å². The highest BCUT2D eigenvalue weighted by molar-refractivity contribution is 14.1. The van der Waals surface area contributed by atoms with Crippen LogP contribution in [0.15, 0.2) is 23.9 Å². The van der Waals surface area contributed by atoms with Crippen molar-refractivity contribution in [3.8, 4) is 6.07 Å². The molecular formula is C13H19IN2O4. The summed E-state index contributed by atoms with van der Waals surface area (Å²) < 4.78 is 14.8. The number of hydrogen-bond acceptors (Lipinski definition) is 6. The summed E-state index contributed by atoms with van der Waals surface area (Å²) in [5, 5.41) is 8.86. The molecule has 0 aliphatic heterocycles. The van der Waals surface area contributed by atoms with Gasteiger partial charge in [-0.15, -0.1) is 0 Å². The third-order valence-electron chi connectivity index (χ3n) is 2.21. The topological polar surface area (TPSA) is 71.8 Å². The number of nitriles is 1. The van der Waals surface area contributed by atoms with Gasteiger partial charge in [0.05, 0.1) is 19.8 Å². The van der Waals surface area contributed by atoms with Crippen molar-refractivity contribution in [3.63, 3.8) is 0 Å². The Kier molecular flexibility index (Phi) is 12.2. The summed E-state index contributed by atoms with van der Waals surface area (Å²) in [6.45, 7) is 4.48. The highest BCUT2D eigenvalue weighted by Crippen LogP contribution is 1.99. The van der Waals surface area contributed by atoms with Crippen LogP contribution in [0.25, 0.3) is 0 Å². The van der Waals surface area contributed by atoms with Gasteiger partial charge in [-0.05, 0) is 25.3 Å². The van der Waals surface area contributed by atoms with Gasteiger partial charge in [-0.25, -0.2) is 4.79 Å². The molecule has 112 valence electrons. The number of halogens is 1. The van der Waals surface area contributed by atoms with Crippen LogP contribution in [-0.4, -0.2) is 50.9 Å². The van der Waals surface area contributed by atoms with E-state index in [4.69, 9.17) is 17.8 Å². The fourth-order valence-corrected chi connectivity index (χ4v) is 1.44. The molecule has 0 amide bonds. The van der Waals surface area contributed by atoms with Crippen molar-refractivity contribution in [2.45, 2.75) is 6.92 Å². The van der Waals surface area contributed by atoms with Crippen LogP contribution in [0.2, 0.25) is 0 Å². The fraction of sp³-hybridized carbons (Fsp3) is 0.538. The van der Waals surface area contributed by atoms with Gasteiger partial charge in [-0.1, -0.05) is 0 Å². The Balaban J connectivity index is 4.57. The lowest BCUT2D eigenvalue weighted by molar-refractivity contribution is -0.138. The number of allylic oxidation sites excluding steroid dienone is 2. The molecule has 0 saturated carbocycles. The van der Waals surface area contributed by atoms with Gasteiger partial charge >= 0.3 is 5.97 Å². The number of carbonyl (C=O) groups is 1. The summed E-state index contributed by atoms with van der Waals surface area (Å²) in [4.78, 5) is 13.4. The summed E-state index contributed by atoms with van der Waals surface area (Å²) in [6.07, 6.45) is 4.85. The summed E-state index contributed by atoms with van der Waals surface area (Å²) in [5.41, 5.74) is -0.0278. The molecular weight excluding hydrogens is 375 g/mol. The molecule has 0 radical (unpaired) electrons. The average molecular weight is 394 g/mol. The van der Waals surface area contributed by atoms with E-state index in [1.807, 2.05) is 34.0 Å². The van der Waals surface area contributed by atoms with E-state index in [1.54, 1.807) is 26.3 Å². The molecule has 0 spiro atoms. The molecule has 20 heavy (non-hydrogen) atoms. The number of carbonyl (C=O) groups excluding carboxylic acids is 1. The molecule has 0 saturated heterocycles. The summed E-state index contributed by atoms with van der Waals surface area (Å²) >= 11 is 1.83. The van der Waals surface area contributed by atoms with Crippen molar-refractivity contribution in [2.24, 2.45) is 0 Å². The first-order chi connectivity index (χ1) is 9.69. The Labute approximate surface area is 133 Å². The summed E-state index contributed by atoms with van der Waals surface area (Å²) in [7, 11) is 1.63. The Morgan fingerprint density at radius 3 is 2.65 bits per heavy atom. The monoisotopic (exact) mass is 394 g/mol. The number of ether oxygens (including phenoxy) is 2. The van der Waals surface area contributed by atoms with Crippen LogP contribution in [0.5, 0.6) is 0 Å². The van der Waals surface area contributed by atoms with Crippen LogP contribution in [0, 0.1) is 11.3 Å². The first-order valence-electron chi connectivity index (χ1n) is 6.11. The molecule has 0 fully saturated rings. The molecule has 0 unspecified atom stereocenters. The zero-order valence-corrected chi connectivity index (χ0v) is 13.8. The minimum atomic E-state index is -0.612. The largest absolute Gasteiger partial charge is 0.462 e. The van der Waals surface area contributed by atoms with Gasteiger partial charge in [-0.3, -0.25) is 0 Å². The molecule has 0 heterocycles. The van der Waals surface area contributed by atoms with Gasteiger partial charge < -0.3 is 17.4 Å². The molecule has 0 aliphatic rings. The predicted octanol–water partition coefficient (Wildman–Crippen LogP) is 1.83. The molecule has 6 nitrogen and oxygen atoms in total. The van der Waals surface area contributed by atoms with E-state index in [1.165, 1.54) is 6.08 Å². The van der Waals surface area contributed by atoms with E-state index in [0.29, 0.717) is 26.3 Å². The maximum atomic E-state index is 11.4. The Morgan fingerprint density at radius 1 is 1.40 bits per heavy atom. The van der Waals surface area contributed by atoms with Crippen molar-refractivity contribution >= 4 is 29.0 Å². The zero-order valence-electron chi connectivity index (χ0n) is 11.7. The lowest BCUT2D eigenvalue weighted by Crippen LogP contribution is -2.25. The van der Waals surface area contributed by atoms with Crippen LogP contribution in [0.3, 0.4) is 0 Å². The van der Waals surface area contributed by atoms with E-state index >= 15 is 0 Å². The van der Waals surface area contributed by atoms with Gasteiger partial charge in [0.2, 0.25) is 0 Å². The van der Waals surface area contributed by atoms with E-state index in [0.717, 1.165) is 0 Å². The number of hydrogen-bond donors (Lipinski definition) is 0. The van der Waals surface area contributed by atoms with Crippen molar-refractivity contribution in [3.05, 3.63) is 23.9 Å². The Morgan fingerprint density at radius 2 is 2.10 bits per heavy atom. The number of esters is 1. The molecule has 7 heteroatoms. The van der Waals surface area contributed by atoms with Gasteiger partial charge in [0.15, 0.2) is 0 Å². The van der Waals surface area contributed by atoms with E-state index in [-0.39, 0.29) is 12.2 Å². The predicted molar refractivity (Wildman–Crippen MR) is 82.9 cm³/mol. The fourth-order valence-electron chi connectivity index (χ4n) is 1.24. The lowest BCUT2D eigenvalue weighted by atomic mass is 10.2. The smallest absolute Gasteiger partial charge is 0.348 e. The average Bonchev–Trinajstić information content (AvgIpc) is 2.45. The second-order valence-corrected chi connectivity index (χ2v) is 4.22. The van der Waals surface area contributed by atoms with E-state index in [9.17, 15) is 4.79 Å². The second-order valence-electron chi connectivity index (χ2n) is 3.60. The molecule has 0 atom stereocenters. The molecule has 0 aromatic rings. The molecule has 0 rings (SSSR count). The minimum absolute atomic E-state index is 0.0278. The third-order valence-corrected chi connectivity index (χ3v) is 2.65. The second kappa shape index (κ2) is 12.9. The lowest BCUT2D eigenvalue weighted by Gasteiger charge is -2.18. The number of rotatable bonds is 10. The molecule has 0 aromatic heterocycles. The van der Waals surface area contributed by atoms with Gasteiger partial charge in [-0.2, -0.15) is 5.26 Å². The molecule has 0 aliphatic carbocycles.